The van der Waals surface area contributed by atoms with E-state index in [1.807, 2.05) is 0 Å². The lowest BCUT2D eigenvalue weighted by atomic mass is 10.1. The third-order valence-corrected chi connectivity index (χ3v) is 4.54. The molecule has 1 unspecified atom stereocenters. The van der Waals surface area contributed by atoms with Crippen molar-refractivity contribution in [2.45, 2.75) is 31.3 Å². The van der Waals surface area contributed by atoms with E-state index < -0.39 is 11.0 Å². The van der Waals surface area contributed by atoms with Crippen LogP contribution in [-0.2, 0) is 11.2 Å². The standard InChI is InChI=1S/C19H19N5O4/c20-11-14-2-1-9-23(14)19(25)17(21)10-13-3-6-16(7-4-13)28-18-8-5-15(12-22-18)24(26)27/h3-8,12,14,17H,1-2,9-10,21H2/t14?,17-/m0/s1. The number of nitriles is 1. The minimum absolute atomic E-state index is 0.113. The van der Waals surface area contributed by atoms with Crippen molar-refractivity contribution in [3.8, 4) is 17.7 Å². The number of aromatic nitrogens is 1. The molecule has 28 heavy (non-hydrogen) atoms. The first-order valence-corrected chi connectivity index (χ1v) is 8.81. The van der Waals surface area contributed by atoms with Gasteiger partial charge in [-0.3, -0.25) is 14.9 Å². The molecule has 9 heteroatoms. The quantitative estimate of drug-likeness (QED) is 0.598. The number of amides is 1. The summed E-state index contributed by atoms with van der Waals surface area (Å²) in [5, 5.41) is 19.7. The molecule has 1 fully saturated rings. The van der Waals surface area contributed by atoms with Crippen LogP contribution in [0.15, 0.2) is 42.6 Å². The van der Waals surface area contributed by atoms with Gasteiger partial charge in [0, 0.05) is 18.7 Å². The van der Waals surface area contributed by atoms with Crippen molar-refractivity contribution < 1.29 is 14.5 Å². The zero-order valence-corrected chi connectivity index (χ0v) is 15.0. The van der Waals surface area contributed by atoms with Gasteiger partial charge in [0.2, 0.25) is 11.8 Å². The van der Waals surface area contributed by atoms with Gasteiger partial charge in [0.15, 0.2) is 0 Å². The van der Waals surface area contributed by atoms with Crippen LogP contribution in [0.5, 0.6) is 11.6 Å². The van der Waals surface area contributed by atoms with Gasteiger partial charge in [-0.1, -0.05) is 12.1 Å². The molecule has 0 saturated carbocycles. The van der Waals surface area contributed by atoms with Gasteiger partial charge in [-0.2, -0.15) is 5.26 Å². The molecule has 1 aliphatic heterocycles. The van der Waals surface area contributed by atoms with Crippen molar-refractivity contribution in [2.75, 3.05) is 6.54 Å². The Hall–Kier alpha value is -3.51. The van der Waals surface area contributed by atoms with Crippen LogP contribution in [0.2, 0.25) is 0 Å². The van der Waals surface area contributed by atoms with E-state index in [-0.39, 0.29) is 23.5 Å². The van der Waals surface area contributed by atoms with Gasteiger partial charge in [-0.25, -0.2) is 4.98 Å². The number of carbonyl (C=O) groups excluding carboxylic acids is 1. The molecule has 144 valence electrons. The summed E-state index contributed by atoms with van der Waals surface area (Å²) in [7, 11) is 0. The molecule has 0 spiro atoms. The third-order valence-electron chi connectivity index (χ3n) is 4.54. The lowest BCUT2D eigenvalue weighted by Crippen LogP contribution is -2.46. The fraction of sp³-hybridized carbons (Fsp3) is 0.316. The van der Waals surface area contributed by atoms with Crippen molar-refractivity contribution in [3.05, 3.63) is 58.3 Å². The average molecular weight is 381 g/mol. The normalized spacial score (nSPS) is 17.0. The van der Waals surface area contributed by atoms with Crippen LogP contribution in [0.25, 0.3) is 0 Å². The summed E-state index contributed by atoms with van der Waals surface area (Å²) >= 11 is 0. The molecule has 1 aromatic heterocycles. The SMILES string of the molecule is N#CC1CCCN1C(=O)[C@@H](N)Cc1ccc(Oc2ccc([N+](=O)[O-])cn2)cc1. The molecule has 0 aliphatic carbocycles. The molecule has 9 nitrogen and oxygen atoms in total. The highest BCUT2D eigenvalue weighted by atomic mass is 16.6. The maximum Gasteiger partial charge on any atom is 0.287 e. The molecule has 3 rings (SSSR count). The van der Waals surface area contributed by atoms with Crippen LogP contribution in [0.1, 0.15) is 18.4 Å². The first kappa shape index (κ1) is 19.3. The smallest absolute Gasteiger partial charge is 0.287 e. The van der Waals surface area contributed by atoms with E-state index in [2.05, 4.69) is 11.1 Å². The number of ether oxygens (including phenoxy) is 1. The Bertz CT molecular complexity index is 892. The number of nitro groups is 1. The maximum atomic E-state index is 12.5. The van der Waals surface area contributed by atoms with Crippen LogP contribution in [0.3, 0.4) is 0 Å². The van der Waals surface area contributed by atoms with E-state index in [1.54, 1.807) is 29.2 Å². The fourth-order valence-electron chi connectivity index (χ4n) is 3.07. The minimum Gasteiger partial charge on any atom is -0.439 e. The molecule has 2 aromatic rings. The maximum absolute atomic E-state index is 12.5. The number of nitrogens with zero attached hydrogens (tertiary/aromatic N) is 4. The van der Waals surface area contributed by atoms with E-state index >= 15 is 0 Å². The monoisotopic (exact) mass is 381 g/mol. The minimum atomic E-state index is -0.711. The molecular formula is C19H19N5O4. The average Bonchev–Trinajstić information content (AvgIpc) is 3.18. The Morgan fingerprint density at radius 3 is 2.75 bits per heavy atom. The summed E-state index contributed by atoms with van der Waals surface area (Å²) < 4.78 is 5.55. The molecule has 2 heterocycles. The summed E-state index contributed by atoms with van der Waals surface area (Å²) in [6.07, 6.45) is 2.99. The van der Waals surface area contributed by atoms with Crippen LogP contribution in [-0.4, -0.2) is 39.3 Å². The van der Waals surface area contributed by atoms with Crippen LogP contribution >= 0.6 is 0 Å². The van der Waals surface area contributed by atoms with Crippen LogP contribution in [0.4, 0.5) is 5.69 Å². The molecule has 1 amide bonds. The Morgan fingerprint density at radius 2 is 2.14 bits per heavy atom. The molecular weight excluding hydrogens is 362 g/mol. The number of hydrogen-bond donors (Lipinski definition) is 1. The largest absolute Gasteiger partial charge is 0.439 e. The zero-order chi connectivity index (χ0) is 20.1. The van der Waals surface area contributed by atoms with Gasteiger partial charge < -0.3 is 15.4 Å². The molecule has 1 aromatic carbocycles. The fourth-order valence-corrected chi connectivity index (χ4v) is 3.07. The topological polar surface area (TPSA) is 135 Å². The highest BCUT2D eigenvalue weighted by molar-refractivity contribution is 5.82. The number of rotatable bonds is 6. The molecule has 1 aliphatic rings. The molecule has 2 atom stereocenters. The summed E-state index contributed by atoms with van der Waals surface area (Å²) in [6, 6.07) is 10.8. The highest BCUT2D eigenvalue weighted by Gasteiger charge is 2.31. The lowest BCUT2D eigenvalue weighted by molar-refractivity contribution is -0.385. The number of nitrogens with two attached hydrogens (primary N) is 1. The van der Waals surface area contributed by atoms with Crippen molar-refractivity contribution in [3.63, 3.8) is 0 Å². The van der Waals surface area contributed by atoms with Gasteiger partial charge in [0.1, 0.15) is 18.0 Å². The predicted molar refractivity (Wildman–Crippen MR) is 99.4 cm³/mol. The Kier molecular flexibility index (Phi) is 5.81. The Balaban J connectivity index is 1.58. The molecule has 1 saturated heterocycles. The molecule has 2 N–H and O–H groups in total. The summed E-state index contributed by atoms with van der Waals surface area (Å²) in [6.45, 7) is 0.569. The first-order valence-electron chi connectivity index (χ1n) is 8.81. The molecule has 0 radical (unpaired) electrons. The summed E-state index contributed by atoms with van der Waals surface area (Å²) in [5.74, 6) is 0.537. The third kappa shape index (κ3) is 4.42. The Morgan fingerprint density at radius 1 is 1.39 bits per heavy atom. The second kappa shape index (κ2) is 8.45. The first-order chi connectivity index (χ1) is 13.5. The zero-order valence-electron chi connectivity index (χ0n) is 15.0. The number of carbonyl (C=O) groups is 1. The van der Waals surface area contributed by atoms with Gasteiger partial charge in [0.25, 0.3) is 5.69 Å². The number of benzene rings is 1. The lowest BCUT2D eigenvalue weighted by Gasteiger charge is -2.23. The van der Waals surface area contributed by atoms with Gasteiger partial charge in [0.05, 0.1) is 17.0 Å². The highest BCUT2D eigenvalue weighted by Crippen LogP contribution is 2.22. The van der Waals surface area contributed by atoms with E-state index in [0.29, 0.717) is 25.1 Å². The van der Waals surface area contributed by atoms with Crippen LogP contribution < -0.4 is 10.5 Å². The van der Waals surface area contributed by atoms with Crippen molar-refractivity contribution in [2.24, 2.45) is 5.73 Å². The van der Waals surface area contributed by atoms with E-state index in [0.717, 1.165) is 18.2 Å². The summed E-state index contributed by atoms with van der Waals surface area (Å²) in [4.78, 5) is 28.0. The van der Waals surface area contributed by atoms with E-state index in [1.165, 1.54) is 12.1 Å². The van der Waals surface area contributed by atoms with Gasteiger partial charge in [-0.15, -0.1) is 0 Å². The second-order valence-electron chi connectivity index (χ2n) is 6.49. The van der Waals surface area contributed by atoms with E-state index in [4.69, 9.17) is 15.7 Å². The predicted octanol–water partition coefficient (Wildman–Crippen LogP) is 2.17. The number of pyridine rings is 1. The second-order valence-corrected chi connectivity index (χ2v) is 6.49. The van der Waals surface area contributed by atoms with Gasteiger partial charge in [-0.05, 0) is 37.0 Å². The van der Waals surface area contributed by atoms with Crippen molar-refractivity contribution >= 4 is 11.6 Å². The van der Waals surface area contributed by atoms with Crippen LogP contribution in [0, 0.1) is 21.4 Å². The van der Waals surface area contributed by atoms with Crippen molar-refractivity contribution in [1.82, 2.24) is 9.88 Å². The van der Waals surface area contributed by atoms with Crippen molar-refractivity contribution in [1.29, 1.82) is 5.26 Å². The van der Waals surface area contributed by atoms with Gasteiger partial charge >= 0.3 is 0 Å². The number of likely N-dealkylation sites (tertiary alicyclic amines) is 1. The summed E-state index contributed by atoms with van der Waals surface area (Å²) in [5.41, 5.74) is 6.80. The molecule has 0 bridgehead atoms. The van der Waals surface area contributed by atoms with E-state index in [9.17, 15) is 14.9 Å². The Labute approximate surface area is 161 Å². The number of hydrogen-bond acceptors (Lipinski definition) is 7.